The van der Waals surface area contributed by atoms with Gasteiger partial charge >= 0.3 is 0 Å². The van der Waals surface area contributed by atoms with Gasteiger partial charge in [-0.2, -0.15) is 0 Å². The third-order valence-electron chi connectivity index (χ3n) is 4.82. The number of aromatic nitrogens is 2. The van der Waals surface area contributed by atoms with Crippen LogP contribution in [0.3, 0.4) is 0 Å². The number of rotatable bonds is 5. The van der Waals surface area contributed by atoms with Crippen molar-refractivity contribution < 1.29 is 0 Å². The summed E-state index contributed by atoms with van der Waals surface area (Å²) in [4.78, 5) is 12.6. The number of fused-ring (bicyclic) bond motifs is 2. The largest absolute Gasteiger partial charge is 0.255 e. The molecule has 0 unspecified atom stereocenters. The summed E-state index contributed by atoms with van der Waals surface area (Å²) in [6, 6.07) is 26.7. The number of para-hydroxylation sites is 2. The average Bonchev–Trinajstić information content (AvgIpc) is 2.81. The molecule has 0 aliphatic rings. The van der Waals surface area contributed by atoms with E-state index in [9.17, 15) is 0 Å². The Bertz CT molecular complexity index is 1340. The second-order valence-corrected chi connectivity index (χ2v) is 9.25. The Hall–Kier alpha value is -2.53. The maximum Gasteiger partial charge on any atom is 0.0717 e. The van der Waals surface area contributed by atoms with Crippen molar-refractivity contribution in [1.29, 1.82) is 0 Å². The fraction of sp³-hybridized carbons (Fsp3) is 0.0400. The number of halogens is 1. The van der Waals surface area contributed by atoms with Gasteiger partial charge in [0, 0.05) is 43.6 Å². The van der Waals surface area contributed by atoms with Crippen molar-refractivity contribution in [1.82, 2.24) is 9.97 Å². The molecule has 0 fully saturated rings. The summed E-state index contributed by atoms with van der Waals surface area (Å²) < 4.78 is 0. The topological polar surface area (TPSA) is 25.8 Å². The number of hydrogen-bond acceptors (Lipinski definition) is 4. The van der Waals surface area contributed by atoms with Gasteiger partial charge in [-0.25, -0.2) is 0 Å². The molecule has 5 rings (SSSR count). The van der Waals surface area contributed by atoms with Crippen molar-refractivity contribution in [2.45, 2.75) is 20.4 Å². The molecule has 2 aromatic heterocycles. The van der Waals surface area contributed by atoms with Gasteiger partial charge in [0.05, 0.1) is 16.1 Å². The zero-order valence-corrected chi connectivity index (χ0v) is 18.3. The Kier molecular flexibility index (Phi) is 5.63. The summed E-state index contributed by atoms with van der Waals surface area (Å²) in [5.74, 6) is 0.887. The van der Waals surface area contributed by atoms with Gasteiger partial charge in [0.1, 0.15) is 0 Å². The first-order valence-corrected chi connectivity index (χ1v) is 11.7. The minimum Gasteiger partial charge on any atom is -0.255 e. The van der Waals surface area contributed by atoms with E-state index in [1.54, 1.807) is 23.5 Å². The van der Waals surface area contributed by atoms with E-state index in [-0.39, 0.29) is 0 Å². The fourth-order valence-electron chi connectivity index (χ4n) is 3.31. The van der Waals surface area contributed by atoms with Crippen LogP contribution in [-0.2, 0) is 5.75 Å². The summed E-state index contributed by atoms with van der Waals surface area (Å²) in [7, 11) is 0. The molecule has 0 bridgehead atoms. The summed E-state index contributed by atoms with van der Waals surface area (Å²) >= 11 is 10.2. The van der Waals surface area contributed by atoms with Gasteiger partial charge in [0.15, 0.2) is 0 Å². The minimum absolute atomic E-state index is 0.741. The number of benzene rings is 3. The summed E-state index contributed by atoms with van der Waals surface area (Å²) in [6.07, 6.45) is 3.84. The van der Waals surface area contributed by atoms with Crippen LogP contribution in [0.15, 0.2) is 106 Å². The highest BCUT2D eigenvalue weighted by molar-refractivity contribution is 8.02. The summed E-state index contributed by atoms with van der Waals surface area (Å²) in [5.41, 5.74) is 3.18. The van der Waals surface area contributed by atoms with Crippen LogP contribution in [0.2, 0.25) is 5.02 Å². The van der Waals surface area contributed by atoms with E-state index in [0.29, 0.717) is 0 Å². The highest BCUT2D eigenvalue weighted by atomic mass is 35.5. The molecular weight excluding hydrogens is 428 g/mol. The third kappa shape index (κ3) is 3.91. The standard InChI is InChI=1S/C25H17ClN2S2/c26-24-18-10-4-6-12-20(18)27-14-22(24)30-25-19-11-5-7-13-21(19)28-15-23(25)29-16-17-8-2-1-3-9-17/h1-15H,16H2. The highest BCUT2D eigenvalue weighted by Gasteiger charge is 2.15. The van der Waals surface area contributed by atoms with Gasteiger partial charge in [-0.3, -0.25) is 9.97 Å². The van der Waals surface area contributed by atoms with Crippen LogP contribution in [0.1, 0.15) is 5.56 Å². The molecule has 0 saturated carbocycles. The fourth-order valence-corrected chi connectivity index (χ4v) is 5.78. The van der Waals surface area contributed by atoms with E-state index in [2.05, 4.69) is 46.4 Å². The molecule has 0 N–H and O–H groups in total. The van der Waals surface area contributed by atoms with Gasteiger partial charge in [-0.15, -0.1) is 11.8 Å². The zero-order valence-electron chi connectivity index (χ0n) is 16.0. The van der Waals surface area contributed by atoms with E-state index >= 15 is 0 Å². The Morgan fingerprint density at radius 1 is 0.667 bits per heavy atom. The summed E-state index contributed by atoms with van der Waals surface area (Å²) in [6.45, 7) is 0. The van der Waals surface area contributed by atoms with Gasteiger partial charge in [0.2, 0.25) is 0 Å². The lowest BCUT2D eigenvalue weighted by Gasteiger charge is -2.13. The lowest BCUT2D eigenvalue weighted by Crippen LogP contribution is -1.90. The van der Waals surface area contributed by atoms with Gasteiger partial charge < -0.3 is 0 Å². The zero-order chi connectivity index (χ0) is 20.3. The monoisotopic (exact) mass is 444 g/mol. The molecule has 3 aromatic carbocycles. The van der Waals surface area contributed by atoms with Crippen molar-refractivity contribution in [3.8, 4) is 0 Å². The quantitative estimate of drug-likeness (QED) is 0.257. The SMILES string of the molecule is Clc1c(Sc2c(SCc3ccccc3)cnc3ccccc23)cnc2ccccc12. The van der Waals surface area contributed by atoms with Crippen LogP contribution in [-0.4, -0.2) is 9.97 Å². The lowest BCUT2D eigenvalue weighted by molar-refractivity contribution is 1.19. The van der Waals surface area contributed by atoms with E-state index < -0.39 is 0 Å². The normalized spacial score (nSPS) is 11.2. The number of hydrogen-bond donors (Lipinski definition) is 0. The Labute approximate surface area is 188 Å². The Morgan fingerprint density at radius 3 is 2.03 bits per heavy atom. The first-order valence-electron chi connectivity index (χ1n) is 9.55. The van der Waals surface area contributed by atoms with Crippen LogP contribution in [0.5, 0.6) is 0 Å². The Balaban J connectivity index is 1.57. The molecule has 2 heterocycles. The van der Waals surface area contributed by atoms with Crippen LogP contribution < -0.4 is 0 Å². The van der Waals surface area contributed by atoms with E-state index in [0.717, 1.165) is 42.4 Å². The van der Waals surface area contributed by atoms with Gasteiger partial charge in [-0.1, -0.05) is 90.1 Å². The van der Waals surface area contributed by atoms with E-state index in [4.69, 9.17) is 11.6 Å². The molecule has 5 heteroatoms. The molecule has 0 aliphatic carbocycles. The molecule has 0 spiro atoms. The smallest absolute Gasteiger partial charge is 0.0717 e. The highest BCUT2D eigenvalue weighted by Crippen LogP contribution is 2.43. The molecule has 2 nitrogen and oxygen atoms in total. The molecule has 0 amide bonds. The van der Waals surface area contributed by atoms with Crippen molar-refractivity contribution in [3.63, 3.8) is 0 Å². The van der Waals surface area contributed by atoms with Crippen molar-refractivity contribution in [3.05, 3.63) is 102 Å². The van der Waals surface area contributed by atoms with Crippen LogP contribution >= 0.6 is 35.1 Å². The molecule has 5 aromatic rings. The molecule has 0 atom stereocenters. The van der Waals surface area contributed by atoms with Crippen molar-refractivity contribution >= 4 is 56.9 Å². The number of nitrogens with zero attached hydrogens (tertiary/aromatic N) is 2. The van der Waals surface area contributed by atoms with Gasteiger partial charge in [0.25, 0.3) is 0 Å². The van der Waals surface area contributed by atoms with Crippen molar-refractivity contribution in [2.75, 3.05) is 0 Å². The molecule has 30 heavy (non-hydrogen) atoms. The maximum absolute atomic E-state index is 6.78. The molecule has 0 aliphatic heterocycles. The number of pyridine rings is 2. The first kappa shape index (κ1) is 19.4. The van der Waals surface area contributed by atoms with Crippen LogP contribution in [0, 0.1) is 0 Å². The predicted octanol–water partition coefficient (Wildman–Crippen LogP) is 7.88. The van der Waals surface area contributed by atoms with Crippen LogP contribution in [0.25, 0.3) is 21.8 Å². The molecular formula is C25H17ClN2S2. The first-order chi connectivity index (χ1) is 14.8. The summed E-state index contributed by atoms with van der Waals surface area (Å²) in [5, 5.41) is 2.84. The maximum atomic E-state index is 6.78. The third-order valence-corrected chi connectivity index (χ3v) is 7.74. The minimum atomic E-state index is 0.741. The lowest BCUT2D eigenvalue weighted by atomic mass is 10.2. The van der Waals surface area contributed by atoms with E-state index in [1.165, 1.54) is 10.5 Å². The second kappa shape index (κ2) is 8.68. The van der Waals surface area contributed by atoms with Crippen LogP contribution in [0.4, 0.5) is 0 Å². The van der Waals surface area contributed by atoms with Gasteiger partial charge in [-0.05, 0) is 17.7 Å². The molecule has 146 valence electrons. The second-order valence-electron chi connectivity index (χ2n) is 6.80. The predicted molar refractivity (Wildman–Crippen MR) is 129 cm³/mol. The van der Waals surface area contributed by atoms with Crippen molar-refractivity contribution in [2.24, 2.45) is 0 Å². The average molecular weight is 445 g/mol. The van der Waals surface area contributed by atoms with E-state index in [1.807, 2.05) is 54.9 Å². The molecule has 0 saturated heterocycles. The number of thioether (sulfide) groups is 1. The molecule has 0 radical (unpaired) electrons. The Morgan fingerprint density at radius 2 is 1.27 bits per heavy atom.